The van der Waals surface area contributed by atoms with Gasteiger partial charge in [0.25, 0.3) is 5.91 Å². The van der Waals surface area contributed by atoms with Gasteiger partial charge in [-0.1, -0.05) is 12.1 Å². The van der Waals surface area contributed by atoms with Crippen molar-refractivity contribution in [3.05, 3.63) is 58.5 Å². The maximum Gasteiger partial charge on any atom is 0.339 e. The van der Waals surface area contributed by atoms with Crippen LogP contribution in [-0.2, 0) is 17.9 Å². The van der Waals surface area contributed by atoms with Gasteiger partial charge in [-0.3, -0.25) is 9.59 Å². The number of hydrogen-bond acceptors (Lipinski definition) is 4. The average molecular weight is 370 g/mol. The molecule has 142 valence electrons. The summed E-state index contributed by atoms with van der Waals surface area (Å²) in [5.74, 6) is -0.377. The van der Waals surface area contributed by atoms with Crippen LogP contribution in [0.5, 0.6) is 0 Å². The van der Waals surface area contributed by atoms with Crippen LogP contribution in [-0.4, -0.2) is 46.3 Å². The molecular formula is C20H22N2O5. The molecule has 0 spiro atoms. The van der Waals surface area contributed by atoms with Gasteiger partial charge in [-0.15, -0.1) is 0 Å². The van der Waals surface area contributed by atoms with Crippen molar-refractivity contribution in [2.45, 2.75) is 32.9 Å². The highest BCUT2D eigenvalue weighted by Gasteiger charge is 2.21. The predicted molar refractivity (Wildman–Crippen MR) is 97.3 cm³/mol. The number of carbonyl (C=O) groups excluding carboxylic acids is 2. The normalized spacial score (nSPS) is 13.9. The number of carbonyl (C=O) groups is 3. The molecule has 1 aliphatic rings. The number of amides is 2. The van der Waals surface area contributed by atoms with Crippen LogP contribution in [0, 0.1) is 6.92 Å². The molecule has 3 rings (SSSR count). The minimum atomic E-state index is -1.05. The van der Waals surface area contributed by atoms with Gasteiger partial charge in [-0.2, -0.15) is 0 Å². The molecule has 0 unspecified atom stereocenters. The monoisotopic (exact) mass is 370 g/mol. The lowest BCUT2D eigenvalue weighted by Gasteiger charge is -2.18. The highest BCUT2D eigenvalue weighted by atomic mass is 16.4. The fraction of sp³-hybridized carbons (Fsp3) is 0.350. The first-order chi connectivity index (χ1) is 12.8. The second-order valence-electron chi connectivity index (χ2n) is 6.77. The quantitative estimate of drug-likeness (QED) is 0.844. The van der Waals surface area contributed by atoms with Crippen LogP contribution in [0.1, 0.15) is 50.6 Å². The summed E-state index contributed by atoms with van der Waals surface area (Å²) in [4.78, 5) is 38.9. The fourth-order valence-corrected chi connectivity index (χ4v) is 3.25. The minimum Gasteiger partial charge on any atom is -0.478 e. The maximum absolute atomic E-state index is 12.7. The van der Waals surface area contributed by atoms with Crippen molar-refractivity contribution < 1.29 is 23.9 Å². The van der Waals surface area contributed by atoms with E-state index >= 15 is 0 Å². The molecule has 1 N–H and O–H groups in total. The highest BCUT2D eigenvalue weighted by molar-refractivity contribution is 5.94. The number of rotatable bonds is 6. The molecule has 1 aromatic heterocycles. The van der Waals surface area contributed by atoms with Crippen molar-refractivity contribution in [3.8, 4) is 0 Å². The molecule has 7 nitrogen and oxygen atoms in total. The number of aromatic carboxylic acids is 1. The van der Waals surface area contributed by atoms with E-state index in [1.54, 1.807) is 37.1 Å². The molecule has 1 fully saturated rings. The van der Waals surface area contributed by atoms with E-state index in [1.165, 1.54) is 11.0 Å². The van der Waals surface area contributed by atoms with Gasteiger partial charge in [0.05, 0.1) is 6.54 Å². The number of furan rings is 1. The van der Waals surface area contributed by atoms with Crippen LogP contribution in [0.3, 0.4) is 0 Å². The summed E-state index contributed by atoms with van der Waals surface area (Å²) >= 11 is 0. The highest BCUT2D eigenvalue weighted by Crippen LogP contribution is 2.18. The molecule has 0 aliphatic carbocycles. The van der Waals surface area contributed by atoms with E-state index in [-0.39, 0.29) is 23.9 Å². The summed E-state index contributed by atoms with van der Waals surface area (Å²) in [5.41, 5.74) is 1.53. The summed E-state index contributed by atoms with van der Waals surface area (Å²) in [6.45, 7) is 3.00. The zero-order chi connectivity index (χ0) is 19.6. The van der Waals surface area contributed by atoms with E-state index in [1.807, 2.05) is 6.07 Å². The molecule has 0 atom stereocenters. The number of benzene rings is 1. The largest absolute Gasteiger partial charge is 0.478 e. The molecule has 0 bridgehead atoms. The van der Waals surface area contributed by atoms with Crippen molar-refractivity contribution in [3.63, 3.8) is 0 Å². The summed E-state index contributed by atoms with van der Waals surface area (Å²) in [6.07, 6.45) is 1.46. The Morgan fingerprint density at radius 1 is 1.30 bits per heavy atom. The second-order valence-corrected chi connectivity index (χ2v) is 6.77. The van der Waals surface area contributed by atoms with Crippen molar-refractivity contribution in [1.29, 1.82) is 0 Å². The van der Waals surface area contributed by atoms with Crippen LogP contribution in [0.2, 0.25) is 0 Å². The van der Waals surface area contributed by atoms with E-state index in [0.29, 0.717) is 30.0 Å². The van der Waals surface area contributed by atoms with E-state index in [4.69, 9.17) is 9.52 Å². The molecule has 1 saturated heterocycles. The second kappa shape index (κ2) is 7.65. The van der Waals surface area contributed by atoms with E-state index < -0.39 is 5.97 Å². The Morgan fingerprint density at radius 2 is 2.07 bits per heavy atom. The number of likely N-dealkylation sites (tertiary alicyclic amines) is 1. The van der Waals surface area contributed by atoms with Gasteiger partial charge >= 0.3 is 5.97 Å². The molecule has 0 saturated carbocycles. The van der Waals surface area contributed by atoms with Gasteiger partial charge in [0, 0.05) is 32.1 Å². The lowest BCUT2D eigenvalue weighted by Crippen LogP contribution is -2.27. The Kier molecular flexibility index (Phi) is 5.30. The number of aryl methyl sites for hydroxylation is 1. The molecular weight excluding hydrogens is 348 g/mol. The van der Waals surface area contributed by atoms with Crippen molar-refractivity contribution in [1.82, 2.24) is 9.80 Å². The minimum absolute atomic E-state index is 0.100. The van der Waals surface area contributed by atoms with E-state index in [9.17, 15) is 14.4 Å². The molecule has 1 aliphatic heterocycles. The van der Waals surface area contributed by atoms with Gasteiger partial charge in [-0.05, 0) is 37.1 Å². The van der Waals surface area contributed by atoms with E-state index in [2.05, 4.69) is 0 Å². The summed E-state index contributed by atoms with van der Waals surface area (Å²) in [7, 11) is 1.64. The smallest absolute Gasteiger partial charge is 0.339 e. The first kappa shape index (κ1) is 18.7. The molecule has 7 heteroatoms. The molecule has 2 amide bonds. The number of nitrogens with zero attached hydrogens (tertiary/aromatic N) is 2. The van der Waals surface area contributed by atoms with Crippen LogP contribution in [0.15, 0.2) is 34.7 Å². The number of hydrogen-bond donors (Lipinski definition) is 1. The Balaban J connectivity index is 1.69. The third kappa shape index (κ3) is 4.19. The lowest BCUT2D eigenvalue weighted by atomic mass is 10.1. The van der Waals surface area contributed by atoms with Gasteiger partial charge in [0.15, 0.2) is 0 Å². The Morgan fingerprint density at radius 3 is 2.70 bits per heavy atom. The Labute approximate surface area is 157 Å². The van der Waals surface area contributed by atoms with E-state index in [0.717, 1.165) is 18.5 Å². The fourth-order valence-electron chi connectivity index (χ4n) is 3.25. The van der Waals surface area contributed by atoms with Crippen LogP contribution in [0.4, 0.5) is 0 Å². The van der Waals surface area contributed by atoms with Gasteiger partial charge in [-0.25, -0.2) is 4.79 Å². The summed E-state index contributed by atoms with van der Waals surface area (Å²) in [6, 6.07) is 8.66. The molecule has 2 heterocycles. The standard InChI is InChI=1S/C20H22N2O5/c1-13-17(20(25)26)10-16(27-13)12-21(2)19(24)15-6-3-5-14(9-15)11-22-8-4-7-18(22)23/h3,5-6,9-10H,4,7-8,11-12H2,1-2H3,(H,25,26). The van der Waals surface area contributed by atoms with Crippen LogP contribution in [0.25, 0.3) is 0 Å². The maximum atomic E-state index is 12.7. The lowest BCUT2D eigenvalue weighted by molar-refractivity contribution is -0.128. The number of carboxylic acid groups (broad SMARTS) is 1. The molecule has 0 radical (unpaired) electrons. The third-order valence-corrected chi connectivity index (χ3v) is 4.66. The molecule has 1 aromatic carbocycles. The SMILES string of the molecule is Cc1oc(CN(C)C(=O)c2cccc(CN3CCCC3=O)c2)cc1C(=O)O. The number of carboxylic acids is 1. The molecule has 27 heavy (non-hydrogen) atoms. The van der Waals surface area contributed by atoms with Crippen LogP contribution < -0.4 is 0 Å². The van der Waals surface area contributed by atoms with Crippen molar-refractivity contribution >= 4 is 17.8 Å². The first-order valence-electron chi connectivity index (χ1n) is 8.80. The van der Waals surface area contributed by atoms with Crippen molar-refractivity contribution in [2.24, 2.45) is 0 Å². The zero-order valence-corrected chi connectivity index (χ0v) is 15.4. The first-order valence-corrected chi connectivity index (χ1v) is 8.80. The summed E-state index contributed by atoms with van der Waals surface area (Å²) < 4.78 is 5.44. The Hall–Kier alpha value is -3.09. The van der Waals surface area contributed by atoms with Gasteiger partial charge in [0.1, 0.15) is 17.1 Å². The van der Waals surface area contributed by atoms with Crippen molar-refractivity contribution in [2.75, 3.05) is 13.6 Å². The predicted octanol–water partition coefficient (Wildman–Crippen LogP) is 2.68. The average Bonchev–Trinajstić information content (AvgIpc) is 3.20. The zero-order valence-electron chi connectivity index (χ0n) is 15.4. The molecule has 2 aromatic rings. The Bertz CT molecular complexity index is 886. The van der Waals surface area contributed by atoms with Gasteiger partial charge < -0.3 is 19.3 Å². The summed E-state index contributed by atoms with van der Waals surface area (Å²) in [5, 5.41) is 9.10. The third-order valence-electron chi connectivity index (χ3n) is 4.66. The van der Waals surface area contributed by atoms with Crippen LogP contribution >= 0.6 is 0 Å². The van der Waals surface area contributed by atoms with Gasteiger partial charge in [0.2, 0.25) is 5.91 Å². The topological polar surface area (TPSA) is 91.1 Å².